The number of amides is 1. The van der Waals surface area contributed by atoms with Crippen LogP contribution in [-0.4, -0.2) is 24.3 Å². The first-order valence-electron chi connectivity index (χ1n) is 8.01. The van der Waals surface area contributed by atoms with E-state index < -0.39 is 0 Å². The second-order valence-corrected chi connectivity index (χ2v) is 7.53. The van der Waals surface area contributed by atoms with Crippen LogP contribution < -0.4 is 14.4 Å². The fraction of sp³-hybridized carbons (Fsp3) is 0.389. The molecule has 24 heavy (non-hydrogen) atoms. The van der Waals surface area contributed by atoms with Crippen LogP contribution in [0.15, 0.2) is 18.2 Å². The first kappa shape index (κ1) is 15.5. The number of aryl methyl sites for hydroxylation is 1. The van der Waals surface area contributed by atoms with Crippen LogP contribution in [0.5, 0.6) is 11.5 Å². The molecular formula is C18H20N2O3S. The summed E-state index contributed by atoms with van der Waals surface area (Å²) < 4.78 is 10.8. The summed E-state index contributed by atoms with van der Waals surface area (Å²) in [6, 6.07) is 6.05. The Labute approximate surface area is 145 Å². The van der Waals surface area contributed by atoms with Crippen LogP contribution in [0.25, 0.3) is 0 Å². The Balaban J connectivity index is 1.61. The molecule has 0 unspecified atom stereocenters. The summed E-state index contributed by atoms with van der Waals surface area (Å²) in [6.07, 6.45) is 0. The number of carbonyl (C=O) groups is 1. The topological polar surface area (TPSA) is 42.0 Å². The van der Waals surface area contributed by atoms with Crippen LogP contribution in [-0.2, 0) is 17.9 Å². The molecule has 0 saturated heterocycles. The Morgan fingerprint density at radius 3 is 2.83 bits per heavy atom. The maximum atomic E-state index is 12.1. The Hall–Kier alpha value is -2.05. The van der Waals surface area contributed by atoms with Gasteiger partial charge in [-0.1, -0.05) is 6.07 Å². The van der Waals surface area contributed by atoms with Gasteiger partial charge < -0.3 is 9.47 Å². The fourth-order valence-corrected chi connectivity index (χ4v) is 4.45. The van der Waals surface area contributed by atoms with E-state index in [2.05, 4.69) is 24.8 Å². The molecule has 0 N–H and O–H groups in total. The molecule has 2 aliphatic rings. The molecule has 0 saturated carbocycles. The third-order valence-electron chi connectivity index (χ3n) is 4.68. The molecule has 1 aromatic carbocycles. The summed E-state index contributed by atoms with van der Waals surface area (Å²) in [4.78, 5) is 17.6. The Morgan fingerprint density at radius 2 is 2.04 bits per heavy atom. The zero-order valence-corrected chi connectivity index (χ0v) is 14.9. The molecule has 2 aliphatic heterocycles. The molecule has 0 spiro atoms. The monoisotopic (exact) mass is 344 g/mol. The van der Waals surface area contributed by atoms with Gasteiger partial charge in [0, 0.05) is 30.5 Å². The molecule has 6 heteroatoms. The number of hydrogen-bond donors (Lipinski definition) is 0. The molecule has 4 rings (SSSR count). The zero-order valence-electron chi connectivity index (χ0n) is 14.1. The lowest BCUT2D eigenvalue weighted by molar-refractivity contribution is -0.117. The number of carbonyl (C=O) groups excluding carboxylic acids is 1. The number of fused-ring (bicyclic) bond motifs is 2. The fourth-order valence-electron chi connectivity index (χ4n) is 3.24. The SMILES string of the molecule is CC(=O)N1CN(Cc2ccc3c(c2)OCO3)Cc2c1sc(C)c2C. The third-order valence-corrected chi connectivity index (χ3v) is 5.95. The first-order chi connectivity index (χ1) is 11.5. The van der Waals surface area contributed by atoms with E-state index in [1.807, 2.05) is 17.0 Å². The number of anilines is 1. The highest BCUT2D eigenvalue weighted by molar-refractivity contribution is 7.16. The molecule has 0 fully saturated rings. The molecule has 2 aromatic rings. The van der Waals surface area contributed by atoms with Crippen molar-refractivity contribution < 1.29 is 14.3 Å². The summed E-state index contributed by atoms with van der Waals surface area (Å²) in [5.41, 5.74) is 3.74. The predicted molar refractivity (Wildman–Crippen MR) is 93.6 cm³/mol. The second-order valence-electron chi connectivity index (χ2n) is 6.33. The van der Waals surface area contributed by atoms with Crippen LogP contribution in [0.3, 0.4) is 0 Å². The van der Waals surface area contributed by atoms with Crippen LogP contribution in [0.4, 0.5) is 5.00 Å². The average molecular weight is 344 g/mol. The van der Waals surface area contributed by atoms with E-state index in [0.29, 0.717) is 6.67 Å². The summed E-state index contributed by atoms with van der Waals surface area (Å²) >= 11 is 1.72. The molecule has 1 amide bonds. The Bertz CT molecular complexity index is 815. The van der Waals surface area contributed by atoms with Gasteiger partial charge in [-0.25, -0.2) is 0 Å². The van der Waals surface area contributed by atoms with Gasteiger partial charge in [0.2, 0.25) is 12.7 Å². The number of nitrogens with zero attached hydrogens (tertiary/aromatic N) is 2. The molecule has 1 aromatic heterocycles. The third kappa shape index (κ3) is 2.56. The van der Waals surface area contributed by atoms with Crippen molar-refractivity contribution in [1.82, 2.24) is 4.90 Å². The van der Waals surface area contributed by atoms with Crippen LogP contribution >= 0.6 is 11.3 Å². The van der Waals surface area contributed by atoms with Gasteiger partial charge >= 0.3 is 0 Å². The van der Waals surface area contributed by atoms with Gasteiger partial charge in [0.1, 0.15) is 5.00 Å². The van der Waals surface area contributed by atoms with Crippen molar-refractivity contribution >= 4 is 22.2 Å². The zero-order chi connectivity index (χ0) is 16.8. The van der Waals surface area contributed by atoms with Gasteiger partial charge in [0.05, 0.1) is 6.67 Å². The standard InChI is InChI=1S/C18H20N2O3S/c1-11-12(2)24-18-15(11)8-19(9-20(18)13(3)21)7-14-4-5-16-17(6-14)23-10-22-16/h4-6H,7-10H2,1-3H3. The van der Waals surface area contributed by atoms with Crippen molar-refractivity contribution in [2.45, 2.75) is 33.9 Å². The number of hydrogen-bond acceptors (Lipinski definition) is 5. The lowest BCUT2D eigenvalue weighted by Crippen LogP contribution is -2.43. The van der Waals surface area contributed by atoms with Crippen LogP contribution in [0.2, 0.25) is 0 Å². The second kappa shape index (κ2) is 5.79. The molecular weight excluding hydrogens is 324 g/mol. The molecule has 3 heterocycles. The highest BCUT2D eigenvalue weighted by atomic mass is 32.1. The maximum absolute atomic E-state index is 12.1. The number of rotatable bonds is 2. The van der Waals surface area contributed by atoms with Gasteiger partial charge in [-0.15, -0.1) is 11.3 Å². The maximum Gasteiger partial charge on any atom is 0.231 e. The summed E-state index contributed by atoms with van der Waals surface area (Å²) in [5, 5.41) is 1.11. The van der Waals surface area contributed by atoms with Crippen molar-refractivity contribution in [3.8, 4) is 11.5 Å². The molecule has 0 aliphatic carbocycles. The van der Waals surface area contributed by atoms with E-state index in [1.54, 1.807) is 18.3 Å². The van der Waals surface area contributed by atoms with Crippen molar-refractivity contribution in [2.75, 3.05) is 18.4 Å². The predicted octanol–water partition coefficient (Wildman–Crippen LogP) is 3.42. The van der Waals surface area contributed by atoms with Crippen molar-refractivity contribution in [1.29, 1.82) is 0 Å². The van der Waals surface area contributed by atoms with Gasteiger partial charge in [-0.2, -0.15) is 0 Å². The minimum atomic E-state index is 0.0906. The van der Waals surface area contributed by atoms with Gasteiger partial charge in [0.25, 0.3) is 0 Å². The van der Waals surface area contributed by atoms with Gasteiger partial charge in [0.15, 0.2) is 11.5 Å². The van der Waals surface area contributed by atoms with Crippen molar-refractivity contribution in [3.63, 3.8) is 0 Å². The van der Waals surface area contributed by atoms with E-state index in [0.717, 1.165) is 35.2 Å². The summed E-state index contributed by atoms with van der Waals surface area (Å²) in [6.45, 7) is 8.45. The normalized spacial score (nSPS) is 16.4. The Kier molecular flexibility index (Phi) is 3.73. The van der Waals surface area contributed by atoms with E-state index in [-0.39, 0.29) is 12.7 Å². The minimum Gasteiger partial charge on any atom is -0.454 e. The van der Waals surface area contributed by atoms with E-state index in [4.69, 9.17) is 9.47 Å². The summed E-state index contributed by atoms with van der Waals surface area (Å²) in [5.74, 6) is 1.69. The molecule has 5 nitrogen and oxygen atoms in total. The number of benzene rings is 1. The quantitative estimate of drug-likeness (QED) is 0.837. The lowest BCUT2D eigenvalue weighted by Gasteiger charge is -2.35. The van der Waals surface area contributed by atoms with Crippen molar-refractivity contribution in [2.24, 2.45) is 0 Å². The average Bonchev–Trinajstić information content (AvgIpc) is 3.12. The van der Waals surface area contributed by atoms with Gasteiger partial charge in [-0.3, -0.25) is 14.6 Å². The molecule has 126 valence electrons. The largest absolute Gasteiger partial charge is 0.454 e. The number of ether oxygens (including phenoxy) is 2. The molecule has 0 bridgehead atoms. The lowest BCUT2D eigenvalue weighted by atomic mass is 10.1. The highest BCUT2D eigenvalue weighted by Crippen LogP contribution is 2.40. The molecule has 0 atom stereocenters. The van der Waals surface area contributed by atoms with Gasteiger partial charge in [-0.05, 0) is 37.1 Å². The first-order valence-corrected chi connectivity index (χ1v) is 8.82. The van der Waals surface area contributed by atoms with E-state index >= 15 is 0 Å². The van der Waals surface area contributed by atoms with E-state index in [1.165, 1.54) is 16.0 Å². The number of thiophene rings is 1. The van der Waals surface area contributed by atoms with Crippen LogP contribution in [0, 0.1) is 13.8 Å². The smallest absolute Gasteiger partial charge is 0.231 e. The Morgan fingerprint density at radius 1 is 1.25 bits per heavy atom. The molecule has 0 radical (unpaired) electrons. The van der Waals surface area contributed by atoms with E-state index in [9.17, 15) is 4.79 Å². The van der Waals surface area contributed by atoms with Crippen LogP contribution in [0.1, 0.15) is 28.5 Å². The van der Waals surface area contributed by atoms with Crippen molar-refractivity contribution in [3.05, 3.63) is 39.8 Å². The summed E-state index contributed by atoms with van der Waals surface area (Å²) in [7, 11) is 0. The highest BCUT2D eigenvalue weighted by Gasteiger charge is 2.29. The minimum absolute atomic E-state index is 0.0906.